The molecule has 0 saturated carbocycles. The molecule has 3 saturated heterocycles. The third-order valence-corrected chi connectivity index (χ3v) is 9.52. The SMILES string of the molecule is CC(C)C[C@H](NC(=O)[C@@H]1CCCN1C(=O)[C@@H]1CCCN1C(=O)[C@@H]1CCCN1)C(=O)N[C@@H](CCCCN)C(=O)N[C@@H](Cc1c[nH]cn1)C(=O)O. The third-order valence-electron chi connectivity index (χ3n) is 9.52. The first-order chi connectivity index (χ1) is 23.5. The number of carboxylic acids is 1. The molecular weight excluding hydrogens is 634 g/mol. The van der Waals surface area contributed by atoms with Gasteiger partial charge in [0.1, 0.15) is 30.2 Å². The predicted molar refractivity (Wildman–Crippen MR) is 179 cm³/mol. The third kappa shape index (κ3) is 10.2. The molecule has 1 aromatic rings. The number of carboxylic acid groups (broad SMARTS) is 1. The second-order valence-electron chi connectivity index (χ2n) is 13.7. The minimum atomic E-state index is -1.28. The van der Waals surface area contributed by atoms with E-state index in [1.54, 1.807) is 9.80 Å². The number of carbonyl (C=O) groups is 6. The molecule has 3 aliphatic heterocycles. The average molecular weight is 688 g/mol. The number of nitrogens with two attached hydrogens (primary N) is 1. The van der Waals surface area contributed by atoms with Crippen LogP contribution >= 0.6 is 0 Å². The molecule has 0 radical (unpaired) electrons. The monoisotopic (exact) mass is 687 g/mol. The zero-order chi connectivity index (χ0) is 35.5. The van der Waals surface area contributed by atoms with Crippen LogP contribution in [-0.2, 0) is 35.2 Å². The van der Waals surface area contributed by atoms with Crippen molar-refractivity contribution in [2.24, 2.45) is 11.7 Å². The summed E-state index contributed by atoms with van der Waals surface area (Å²) in [6.45, 7) is 5.85. The zero-order valence-corrected chi connectivity index (χ0v) is 28.6. The number of hydrogen-bond acceptors (Lipinski definition) is 9. The fourth-order valence-electron chi connectivity index (χ4n) is 6.97. The molecule has 272 valence electrons. The Morgan fingerprint density at radius 3 is 2.18 bits per heavy atom. The molecule has 49 heavy (non-hydrogen) atoms. The van der Waals surface area contributed by atoms with Gasteiger partial charge in [-0.3, -0.25) is 24.0 Å². The number of H-pyrrole nitrogens is 1. The van der Waals surface area contributed by atoms with Gasteiger partial charge in [-0.1, -0.05) is 13.8 Å². The maximum Gasteiger partial charge on any atom is 0.326 e. The van der Waals surface area contributed by atoms with Crippen molar-refractivity contribution >= 4 is 35.5 Å². The quantitative estimate of drug-likeness (QED) is 0.103. The van der Waals surface area contributed by atoms with Crippen LogP contribution in [0.1, 0.15) is 83.7 Å². The van der Waals surface area contributed by atoms with Crippen molar-refractivity contribution in [1.29, 1.82) is 0 Å². The molecule has 5 amide bonds. The molecule has 4 heterocycles. The van der Waals surface area contributed by atoms with E-state index in [9.17, 15) is 33.9 Å². The van der Waals surface area contributed by atoms with Gasteiger partial charge >= 0.3 is 5.97 Å². The molecule has 8 N–H and O–H groups in total. The van der Waals surface area contributed by atoms with Crippen LogP contribution in [0.25, 0.3) is 0 Å². The standard InChI is InChI=1S/C33H53N9O7/c1-20(2)16-24(29(44)38-22(8-3-4-12-34)28(43)40-25(33(48)49)17-21-18-35-19-37-21)39-30(45)26-10-6-14-41(26)32(47)27-11-7-15-42(27)31(46)23-9-5-13-36-23/h18-20,22-27,36H,3-17,34H2,1-2H3,(H,35,37)(H,38,44)(H,39,45)(H,40,43)(H,48,49)/t22-,23-,24-,25-,26-,27-/m0/s1. The van der Waals surface area contributed by atoms with Crippen molar-refractivity contribution in [3.05, 3.63) is 18.2 Å². The first kappa shape index (κ1) is 37.8. The fraction of sp³-hybridized carbons (Fsp3) is 0.727. The molecule has 0 bridgehead atoms. The minimum Gasteiger partial charge on any atom is -0.480 e. The van der Waals surface area contributed by atoms with E-state index in [1.165, 1.54) is 12.5 Å². The van der Waals surface area contributed by atoms with Crippen molar-refractivity contribution in [1.82, 2.24) is 41.0 Å². The highest BCUT2D eigenvalue weighted by Crippen LogP contribution is 2.27. The molecule has 0 spiro atoms. The number of unbranched alkanes of at least 4 members (excludes halogenated alkanes) is 1. The minimum absolute atomic E-state index is 0.00521. The van der Waals surface area contributed by atoms with Crippen LogP contribution in [0.2, 0.25) is 0 Å². The molecule has 0 aromatic carbocycles. The highest BCUT2D eigenvalue weighted by atomic mass is 16.4. The fourth-order valence-corrected chi connectivity index (χ4v) is 6.97. The summed E-state index contributed by atoms with van der Waals surface area (Å²) in [7, 11) is 0. The summed E-state index contributed by atoms with van der Waals surface area (Å²) in [6.07, 6.45) is 8.42. The Kier molecular flexibility index (Phi) is 13.9. The number of carbonyl (C=O) groups excluding carboxylic acids is 5. The maximum absolute atomic E-state index is 13.8. The molecular formula is C33H53N9O7. The normalized spacial score (nSPS) is 22.5. The predicted octanol–water partition coefficient (Wildman–Crippen LogP) is -0.600. The van der Waals surface area contributed by atoms with E-state index >= 15 is 0 Å². The van der Waals surface area contributed by atoms with Gasteiger partial charge in [-0.15, -0.1) is 0 Å². The van der Waals surface area contributed by atoms with Crippen LogP contribution in [0, 0.1) is 5.92 Å². The maximum atomic E-state index is 13.8. The largest absolute Gasteiger partial charge is 0.480 e. The van der Waals surface area contributed by atoms with Crippen molar-refractivity contribution < 1.29 is 33.9 Å². The number of aliphatic carboxylic acids is 1. The van der Waals surface area contributed by atoms with Crippen LogP contribution in [0.15, 0.2) is 12.5 Å². The van der Waals surface area contributed by atoms with Crippen LogP contribution < -0.4 is 27.0 Å². The number of aromatic amines is 1. The molecule has 16 heteroatoms. The smallest absolute Gasteiger partial charge is 0.326 e. The number of amides is 5. The van der Waals surface area contributed by atoms with Gasteiger partial charge in [0.15, 0.2) is 0 Å². The topological polar surface area (TPSA) is 232 Å². The van der Waals surface area contributed by atoms with Crippen molar-refractivity contribution in [2.75, 3.05) is 26.2 Å². The molecule has 16 nitrogen and oxygen atoms in total. The van der Waals surface area contributed by atoms with Gasteiger partial charge in [-0.25, -0.2) is 9.78 Å². The van der Waals surface area contributed by atoms with E-state index in [-0.39, 0.29) is 43.0 Å². The molecule has 0 unspecified atom stereocenters. The summed E-state index contributed by atoms with van der Waals surface area (Å²) in [6, 6.07) is -5.05. The number of nitrogens with zero attached hydrogens (tertiary/aromatic N) is 3. The lowest BCUT2D eigenvalue weighted by molar-refractivity contribution is -0.147. The van der Waals surface area contributed by atoms with E-state index in [0.717, 1.165) is 19.4 Å². The molecule has 0 aliphatic carbocycles. The zero-order valence-electron chi connectivity index (χ0n) is 28.6. The van der Waals surface area contributed by atoms with E-state index in [1.807, 2.05) is 13.8 Å². The number of rotatable bonds is 17. The highest BCUT2D eigenvalue weighted by molar-refractivity contribution is 5.96. The van der Waals surface area contributed by atoms with Gasteiger partial charge in [0.2, 0.25) is 29.5 Å². The molecule has 3 aliphatic rings. The van der Waals surface area contributed by atoms with Gasteiger partial charge in [0, 0.05) is 25.7 Å². The molecule has 4 rings (SSSR count). The Balaban J connectivity index is 1.43. The summed E-state index contributed by atoms with van der Waals surface area (Å²) in [5.74, 6) is -3.28. The van der Waals surface area contributed by atoms with Crippen LogP contribution in [0.3, 0.4) is 0 Å². The molecule has 1 aromatic heterocycles. The van der Waals surface area contributed by atoms with E-state index in [0.29, 0.717) is 63.9 Å². The van der Waals surface area contributed by atoms with E-state index in [4.69, 9.17) is 5.73 Å². The lowest BCUT2D eigenvalue weighted by atomic mass is 10.0. The van der Waals surface area contributed by atoms with Gasteiger partial charge in [-0.05, 0) is 83.2 Å². The number of hydrogen-bond donors (Lipinski definition) is 7. The van der Waals surface area contributed by atoms with Crippen molar-refractivity contribution in [2.45, 2.75) is 121 Å². The van der Waals surface area contributed by atoms with Crippen molar-refractivity contribution in [3.63, 3.8) is 0 Å². The van der Waals surface area contributed by atoms with Gasteiger partial charge in [0.25, 0.3) is 0 Å². The number of nitrogens with one attached hydrogen (secondary N) is 5. The second-order valence-corrected chi connectivity index (χ2v) is 13.7. The summed E-state index contributed by atoms with van der Waals surface area (Å²) >= 11 is 0. The highest BCUT2D eigenvalue weighted by Gasteiger charge is 2.44. The van der Waals surface area contributed by atoms with Crippen LogP contribution in [-0.4, -0.2) is 123 Å². The Bertz CT molecular complexity index is 1300. The van der Waals surface area contributed by atoms with Gasteiger partial charge in [-0.2, -0.15) is 0 Å². The summed E-state index contributed by atoms with van der Waals surface area (Å²) in [4.78, 5) is 89.8. The number of likely N-dealkylation sites (tertiary alicyclic amines) is 2. The summed E-state index contributed by atoms with van der Waals surface area (Å²) < 4.78 is 0. The Labute approximate surface area is 287 Å². The molecule has 3 fully saturated rings. The van der Waals surface area contributed by atoms with Crippen LogP contribution in [0.4, 0.5) is 0 Å². The first-order valence-corrected chi connectivity index (χ1v) is 17.7. The van der Waals surface area contributed by atoms with Crippen LogP contribution in [0.5, 0.6) is 0 Å². The Hall–Kier alpha value is -4.05. The number of aromatic nitrogens is 2. The second kappa shape index (κ2) is 18.1. The Morgan fingerprint density at radius 2 is 1.57 bits per heavy atom. The first-order valence-electron chi connectivity index (χ1n) is 17.7. The van der Waals surface area contributed by atoms with E-state index in [2.05, 4.69) is 31.2 Å². The molecule has 6 atom stereocenters. The van der Waals surface area contributed by atoms with Crippen molar-refractivity contribution in [3.8, 4) is 0 Å². The number of imidazole rings is 1. The van der Waals surface area contributed by atoms with Gasteiger partial charge in [0.05, 0.1) is 18.1 Å². The summed E-state index contributed by atoms with van der Waals surface area (Å²) in [5, 5.41) is 21.1. The Morgan fingerprint density at radius 1 is 0.898 bits per heavy atom. The van der Waals surface area contributed by atoms with E-state index < -0.39 is 53.9 Å². The lowest BCUT2D eigenvalue weighted by Crippen LogP contribution is -2.59. The average Bonchev–Trinajstić information content (AvgIpc) is 3.90. The van der Waals surface area contributed by atoms with Gasteiger partial charge < -0.3 is 46.9 Å². The lowest BCUT2D eigenvalue weighted by Gasteiger charge is -2.33. The summed E-state index contributed by atoms with van der Waals surface area (Å²) in [5.41, 5.74) is 6.11.